The van der Waals surface area contributed by atoms with Gasteiger partial charge in [-0.1, -0.05) is 18.2 Å². The van der Waals surface area contributed by atoms with Crippen molar-refractivity contribution in [1.82, 2.24) is 14.2 Å². The molecule has 0 atom stereocenters. The van der Waals surface area contributed by atoms with Gasteiger partial charge < -0.3 is 10.5 Å². The highest BCUT2D eigenvalue weighted by molar-refractivity contribution is 7.92. The number of sulfonamides is 1. The molecular weight excluding hydrogens is 454 g/mol. The average Bonchev–Trinajstić information content (AvgIpc) is 3.19. The van der Waals surface area contributed by atoms with Gasteiger partial charge in [-0.2, -0.15) is 17.6 Å². The fourth-order valence-corrected chi connectivity index (χ4v) is 5.06. The monoisotopic (exact) mass is 473 g/mol. The van der Waals surface area contributed by atoms with Gasteiger partial charge in [0.25, 0.3) is 10.0 Å². The Morgan fingerprint density at radius 2 is 1.72 bits per heavy atom. The highest BCUT2D eigenvalue weighted by Gasteiger charge is 2.22. The number of pyridine rings is 1. The molecule has 0 fully saturated rings. The summed E-state index contributed by atoms with van der Waals surface area (Å²) in [5.41, 5.74) is 7.91. The van der Waals surface area contributed by atoms with E-state index in [0.29, 0.717) is 22.2 Å². The third-order valence-corrected chi connectivity index (χ3v) is 6.83. The van der Waals surface area contributed by atoms with Crippen molar-refractivity contribution in [2.75, 3.05) is 23.8 Å². The van der Waals surface area contributed by atoms with E-state index in [1.807, 2.05) is 0 Å². The topological polar surface area (TPSA) is 146 Å². The number of hydrogen-bond donors (Lipinski definition) is 2. The van der Waals surface area contributed by atoms with Crippen LogP contribution in [-0.2, 0) is 20.0 Å². The van der Waals surface area contributed by atoms with Crippen molar-refractivity contribution in [3.8, 4) is 17.0 Å². The first kappa shape index (κ1) is 21.6. The van der Waals surface area contributed by atoms with Gasteiger partial charge in [0.2, 0.25) is 15.9 Å². The Hall–Kier alpha value is -3.64. The van der Waals surface area contributed by atoms with E-state index in [0.717, 1.165) is 10.3 Å². The van der Waals surface area contributed by atoms with Gasteiger partial charge in [-0.25, -0.2) is 13.4 Å². The molecule has 12 heteroatoms. The van der Waals surface area contributed by atoms with Crippen LogP contribution in [0.5, 0.6) is 5.88 Å². The molecule has 0 bridgehead atoms. The van der Waals surface area contributed by atoms with Crippen LogP contribution in [0.15, 0.2) is 65.8 Å². The number of aromatic nitrogens is 3. The van der Waals surface area contributed by atoms with Gasteiger partial charge in [-0.3, -0.25) is 4.72 Å². The lowest BCUT2D eigenvalue weighted by molar-refractivity contribution is 0.400. The second kappa shape index (κ2) is 7.80. The van der Waals surface area contributed by atoms with Crippen LogP contribution < -0.4 is 15.2 Å². The number of ether oxygens (including phenoxy) is 1. The van der Waals surface area contributed by atoms with Crippen molar-refractivity contribution in [3.05, 3.63) is 60.9 Å². The first-order valence-corrected chi connectivity index (χ1v) is 12.5. The lowest BCUT2D eigenvalue weighted by Crippen LogP contribution is -2.14. The normalized spacial score (nSPS) is 12.1. The number of nitrogen functional groups attached to an aromatic ring is 1. The number of methoxy groups -OCH3 is 1. The Morgan fingerprint density at radius 3 is 2.38 bits per heavy atom. The van der Waals surface area contributed by atoms with Gasteiger partial charge in [0, 0.05) is 22.8 Å². The summed E-state index contributed by atoms with van der Waals surface area (Å²) in [4.78, 5) is 4.23. The van der Waals surface area contributed by atoms with Crippen molar-refractivity contribution in [3.63, 3.8) is 0 Å². The Labute approximate surface area is 184 Å². The minimum atomic E-state index is -3.96. The van der Waals surface area contributed by atoms with Crippen molar-refractivity contribution in [2.24, 2.45) is 0 Å². The molecule has 0 aliphatic carbocycles. The van der Waals surface area contributed by atoms with Crippen LogP contribution >= 0.6 is 0 Å². The molecule has 0 unspecified atom stereocenters. The molecule has 0 radical (unpaired) electrons. The number of anilines is 2. The molecule has 0 saturated heterocycles. The lowest BCUT2D eigenvalue weighted by Gasteiger charge is -2.12. The number of nitrogens with one attached hydrogen (secondary N) is 1. The van der Waals surface area contributed by atoms with Gasteiger partial charge in [0.1, 0.15) is 5.69 Å². The van der Waals surface area contributed by atoms with Crippen LogP contribution in [0.1, 0.15) is 0 Å². The molecule has 0 spiro atoms. The van der Waals surface area contributed by atoms with Crippen LogP contribution in [0.2, 0.25) is 0 Å². The molecule has 0 amide bonds. The first-order valence-electron chi connectivity index (χ1n) is 9.20. The van der Waals surface area contributed by atoms with Gasteiger partial charge in [-0.15, -0.1) is 0 Å². The highest BCUT2D eigenvalue weighted by atomic mass is 32.2. The Morgan fingerprint density at radius 1 is 1.00 bits per heavy atom. The van der Waals surface area contributed by atoms with Crippen LogP contribution in [0.25, 0.3) is 22.0 Å². The largest absolute Gasteiger partial charge is 0.480 e. The number of fused-ring (bicyclic) bond motifs is 1. The summed E-state index contributed by atoms with van der Waals surface area (Å²) >= 11 is 0. The number of benzene rings is 2. The van der Waals surface area contributed by atoms with E-state index in [9.17, 15) is 16.8 Å². The maximum absolute atomic E-state index is 13.1. The number of nitrogens with zero attached hydrogens (tertiary/aromatic N) is 3. The van der Waals surface area contributed by atoms with Gasteiger partial charge in [0.05, 0.1) is 30.0 Å². The number of nitrogens with two attached hydrogens (primary N) is 1. The van der Waals surface area contributed by atoms with Gasteiger partial charge in [-0.05, 0) is 35.9 Å². The van der Waals surface area contributed by atoms with E-state index in [2.05, 4.69) is 14.8 Å². The van der Waals surface area contributed by atoms with Crippen LogP contribution in [0.3, 0.4) is 0 Å². The third kappa shape index (κ3) is 3.97. The second-order valence-electron chi connectivity index (χ2n) is 6.96. The van der Waals surface area contributed by atoms with Crippen LogP contribution in [0, 0.1) is 0 Å². The summed E-state index contributed by atoms with van der Waals surface area (Å²) in [6.45, 7) is 0. The molecule has 0 aliphatic rings. The van der Waals surface area contributed by atoms with Gasteiger partial charge in [0.15, 0.2) is 0 Å². The SMILES string of the molecule is COc1ncc(-c2cc(N)c3cnn(S(=O)(=O)c4ccccc4)c3c2)cc1NS(C)(=O)=O. The summed E-state index contributed by atoms with van der Waals surface area (Å²) < 4.78 is 58.0. The van der Waals surface area contributed by atoms with E-state index in [1.165, 1.54) is 37.7 Å². The maximum Gasteiger partial charge on any atom is 0.283 e. The number of rotatable bonds is 6. The van der Waals surface area contributed by atoms with E-state index in [1.54, 1.807) is 30.3 Å². The molecule has 2 aromatic heterocycles. The predicted octanol–water partition coefficient (Wildman–Crippen LogP) is 2.30. The fourth-order valence-electron chi connectivity index (χ4n) is 3.23. The molecule has 0 aliphatic heterocycles. The quantitative estimate of drug-likeness (QED) is 0.406. The molecule has 4 rings (SSSR count). The molecule has 2 heterocycles. The Bertz CT molecular complexity index is 1530. The van der Waals surface area contributed by atoms with Crippen molar-refractivity contribution >= 4 is 42.3 Å². The Kier molecular flexibility index (Phi) is 5.26. The molecule has 166 valence electrons. The Balaban J connectivity index is 1.89. The minimum Gasteiger partial charge on any atom is -0.480 e. The zero-order valence-electron chi connectivity index (χ0n) is 17.1. The number of hydrogen-bond acceptors (Lipinski definition) is 8. The smallest absolute Gasteiger partial charge is 0.283 e. The maximum atomic E-state index is 13.1. The van der Waals surface area contributed by atoms with Crippen molar-refractivity contribution in [2.45, 2.75) is 4.90 Å². The van der Waals surface area contributed by atoms with Crippen LogP contribution in [0.4, 0.5) is 11.4 Å². The van der Waals surface area contributed by atoms with Gasteiger partial charge >= 0.3 is 0 Å². The van der Waals surface area contributed by atoms with E-state index >= 15 is 0 Å². The third-order valence-electron chi connectivity index (χ3n) is 4.63. The molecule has 0 saturated carbocycles. The van der Waals surface area contributed by atoms with E-state index in [4.69, 9.17) is 10.5 Å². The fraction of sp³-hybridized carbons (Fsp3) is 0.100. The van der Waals surface area contributed by atoms with E-state index in [-0.39, 0.29) is 22.0 Å². The second-order valence-corrected chi connectivity index (χ2v) is 10.5. The summed E-state index contributed by atoms with van der Waals surface area (Å²) in [6, 6.07) is 12.7. The molecule has 2 aromatic carbocycles. The molecule has 10 nitrogen and oxygen atoms in total. The predicted molar refractivity (Wildman–Crippen MR) is 121 cm³/mol. The van der Waals surface area contributed by atoms with E-state index < -0.39 is 20.0 Å². The summed E-state index contributed by atoms with van der Waals surface area (Å²) in [7, 11) is -6.18. The molecule has 32 heavy (non-hydrogen) atoms. The lowest BCUT2D eigenvalue weighted by atomic mass is 10.0. The van der Waals surface area contributed by atoms with Crippen LogP contribution in [-0.4, -0.2) is 44.4 Å². The summed E-state index contributed by atoms with van der Waals surface area (Å²) in [5.74, 6) is 0.0879. The minimum absolute atomic E-state index is 0.0831. The van der Waals surface area contributed by atoms with Crippen molar-refractivity contribution in [1.29, 1.82) is 0 Å². The highest BCUT2D eigenvalue weighted by Crippen LogP contribution is 2.34. The van der Waals surface area contributed by atoms with Crippen molar-refractivity contribution < 1.29 is 21.6 Å². The summed E-state index contributed by atoms with van der Waals surface area (Å²) in [6.07, 6.45) is 3.87. The zero-order valence-corrected chi connectivity index (χ0v) is 18.7. The standard InChI is InChI=1S/C20H19N5O5S2/c1-30-20-18(24-31(2,26)27)9-14(11-22-20)13-8-17(21)16-12-23-25(19(16)10-13)32(28,29)15-6-4-3-5-7-15/h3-12,24H,21H2,1-2H3. The zero-order chi connectivity index (χ0) is 23.1. The summed E-state index contributed by atoms with van der Waals surface area (Å²) in [5, 5.41) is 4.52. The average molecular weight is 474 g/mol. The molecular formula is C20H19N5O5S2. The first-order chi connectivity index (χ1) is 15.1. The molecule has 4 aromatic rings. The molecule has 3 N–H and O–H groups in total.